The average molecular weight is 261 g/mol. The Morgan fingerprint density at radius 3 is 2.68 bits per heavy atom. The zero-order valence-corrected chi connectivity index (χ0v) is 11.6. The lowest BCUT2D eigenvalue weighted by Gasteiger charge is -2.19. The van der Waals surface area contributed by atoms with Gasteiger partial charge in [-0.15, -0.1) is 0 Å². The normalized spacial score (nSPS) is 11.8. The highest BCUT2D eigenvalue weighted by atomic mass is 19.1. The van der Waals surface area contributed by atoms with Crippen LogP contribution in [0.5, 0.6) is 0 Å². The van der Waals surface area contributed by atoms with E-state index in [1.165, 1.54) is 6.07 Å². The molecule has 19 heavy (non-hydrogen) atoms. The molecule has 2 rings (SSSR count). The first-order chi connectivity index (χ1) is 8.96. The molecule has 1 aromatic heterocycles. The Kier molecular flexibility index (Phi) is 4.00. The number of aromatic amines is 1. The van der Waals surface area contributed by atoms with Crippen LogP contribution in [0, 0.1) is 5.82 Å². The first-order valence-electron chi connectivity index (χ1n) is 6.49. The maximum atomic E-state index is 13.6. The molecule has 0 amide bonds. The minimum Gasteiger partial charge on any atom is -0.342 e. The first-order valence-corrected chi connectivity index (χ1v) is 6.49. The minimum absolute atomic E-state index is 0.0982. The van der Waals surface area contributed by atoms with E-state index in [0.29, 0.717) is 5.56 Å². The van der Waals surface area contributed by atoms with Gasteiger partial charge in [-0.2, -0.15) is 0 Å². The molecule has 0 saturated heterocycles. The average Bonchev–Trinajstić information content (AvgIpc) is 2.76. The van der Waals surface area contributed by atoms with Gasteiger partial charge in [-0.3, -0.25) is 0 Å². The van der Waals surface area contributed by atoms with Gasteiger partial charge in [-0.1, -0.05) is 12.1 Å². The molecule has 102 valence electrons. The third-order valence-corrected chi connectivity index (χ3v) is 2.81. The van der Waals surface area contributed by atoms with E-state index in [4.69, 9.17) is 0 Å². The van der Waals surface area contributed by atoms with Crippen LogP contribution in [0.3, 0.4) is 0 Å². The van der Waals surface area contributed by atoms with Gasteiger partial charge >= 0.3 is 0 Å². The van der Waals surface area contributed by atoms with Gasteiger partial charge in [-0.25, -0.2) is 9.37 Å². The number of imidazole rings is 1. The summed E-state index contributed by atoms with van der Waals surface area (Å²) in [5, 5.41) is 3.40. The number of hydrogen-bond donors (Lipinski definition) is 2. The Morgan fingerprint density at radius 2 is 2.00 bits per heavy atom. The fourth-order valence-electron chi connectivity index (χ4n) is 1.86. The highest BCUT2D eigenvalue weighted by molar-refractivity contribution is 5.59. The van der Waals surface area contributed by atoms with Crippen molar-refractivity contribution in [3.8, 4) is 11.3 Å². The summed E-state index contributed by atoms with van der Waals surface area (Å²) < 4.78 is 13.6. The highest BCUT2D eigenvalue weighted by Gasteiger charge is 2.10. The molecule has 0 fully saturated rings. The van der Waals surface area contributed by atoms with Gasteiger partial charge in [0.1, 0.15) is 11.6 Å². The molecule has 0 spiro atoms. The molecule has 0 aliphatic heterocycles. The van der Waals surface area contributed by atoms with E-state index < -0.39 is 0 Å². The molecule has 2 N–H and O–H groups in total. The zero-order valence-electron chi connectivity index (χ0n) is 11.6. The van der Waals surface area contributed by atoms with Crippen LogP contribution in [0.4, 0.5) is 4.39 Å². The Bertz CT molecular complexity index is 540. The summed E-state index contributed by atoms with van der Waals surface area (Å²) in [4.78, 5) is 7.46. The highest BCUT2D eigenvalue weighted by Crippen LogP contribution is 2.20. The SMILES string of the molecule is CC(C)(C)NCCc1ncc(-c2ccccc2F)[nH]1. The van der Waals surface area contributed by atoms with Crippen LogP contribution in [0.2, 0.25) is 0 Å². The standard InChI is InChI=1S/C15H20FN3/c1-15(2,3)18-9-8-14-17-10-13(19-14)11-6-4-5-7-12(11)16/h4-7,10,18H,8-9H2,1-3H3,(H,17,19). The fourth-order valence-corrected chi connectivity index (χ4v) is 1.86. The first kappa shape index (κ1) is 13.7. The molecular weight excluding hydrogens is 241 g/mol. The zero-order chi connectivity index (χ0) is 13.9. The smallest absolute Gasteiger partial charge is 0.132 e. The van der Waals surface area contributed by atoms with Crippen LogP contribution in [-0.4, -0.2) is 22.1 Å². The Hall–Kier alpha value is -1.68. The number of hydrogen-bond acceptors (Lipinski definition) is 2. The lowest BCUT2D eigenvalue weighted by molar-refractivity contribution is 0.427. The number of nitrogens with one attached hydrogen (secondary N) is 2. The van der Waals surface area contributed by atoms with Crippen molar-refractivity contribution in [1.82, 2.24) is 15.3 Å². The number of rotatable bonds is 4. The lowest BCUT2D eigenvalue weighted by Crippen LogP contribution is -2.37. The largest absolute Gasteiger partial charge is 0.342 e. The molecule has 2 aromatic rings. The number of benzene rings is 1. The second kappa shape index (κ2) is 5.53. The van der Waals surface area contributed by atoms with Crippen molar-refractivity contribution in [2.24, 2.45) is 0 Å². The summed E-state index contributed by atoms with van der Waals surface area (Å²) in [5.74, 6) is 0.639. The summed E-state index contributed by atoms with van der Waals surface area (Å²) in [5.41, 5.74) is 1.38. The third kappa shape index (κ3) is 3.89. The van der Waals surface area contributed by atoms with Gasteiger partial charge in [0.25, 0.3) is 0 Å². The number of aromatic nitrogens is 2. The molecule has 1 aromatic carbocycles. The van der Waals surface area contributed by atoms with E-state index in [2.05, 4.69) is 36.1 Å². The lowest BCUT2D eigenvalue weighted by atomic mass is 10.1. The number of nitrogens with zero attached hydrogens (tertiary/aromatic N) is 1. The monoisotopic (exact) mass is 261 g/mol. The van der Waals surface area contributed by atoms with Gasteiger partial charge in [0.2, 0.25) is 0 Å². The van der Waals surface area contributed by atoms with Crippen molar-refractivity contribution in [3.05, 3.63) is 42.1 Å². The van der Waals surface area contributed by atoms with Crippen LogP contribution in [0.25, 0.3) is 11.3 Å². The van der Waals surface area contributed by atoms with Crippen LogP contribution >= 0.6 is 0 Å². The Balaban J connectivity index is 2.02. The van der Waals surface area contributed by atoms with E-state index in [-0.39, 0.29) is 11.4 Å². The van der Waals surface area contributed by atoms with Gasteiger partial charge in [0.05, 0.1) is 11.9 Å². The predicted molar refractivity (Wildman–Crippen MR) is 75.4 cm³/mol. The second-order valence-corrected chi connectivity index (χ2v) is 5.65. The van der Waals surface area contributed by atoms with E-state index in [0.717, 1.165) is 24.5 Å². The molecule has 0 atom stereocenters. The minimum atomic E-state index is -0.231. The number of halogens is 1. The van der Waals surface area contributed by atoms with Crippen LogP contribution < -0.4 is 5.32 Å². The van der Waals surface area contributed by atoms with Crippen molar-refractivity contribution >= 4 is 0 Å². The molecule has 0 aliphatic carbocycles. The van der Waals surface area contributed by atoms with Gasteiger partial charge in [0.15, 0.2) is 0 Å². The molecule has 0 aliphatic rings. The summed E-state index contributed by atoms with van der Waals surface area (Å²) in [6.07, 6.45) is 2.48. The molecule has 1 heterocycles. The van der Waals surface area contributed by atoms with E-state index >= 15 is 0 Å². The van der Waals surface area contributed by atoms with Gasteiger partial charge in [0, 0.05) is 24.1 Å². The van der Waals surface area contributed by atoms with Gasteiger partial charge < -0.3 is 10.3 Å². The van der Waals surface area contributed by atoms with Crippen molar-refractivity contribution in [2.75, 3.05) is 6.54 Å². The van der Waals surface area contributed by atoms with Gasteiger partial charge in [-0.05, 0) is 32.9 Å². The molecule has 3 nitrogen and oxygen atoms in total. The summed E-state index contributed by atoms with van der Waals surface area (Å²) in [6.45, 7) is 7.22. The van der Waals surface area contributed by atoms with Crippen molar-refractivity contribution < 1.29 is 4.39 Å². The van der Waals surface area contributed by atoms with Crippen molar-refractivity contribution in [3.63, 3.8) is 0 Å². The van der Waals surface area contributed by atoms with E-state index in [9.17, 15) is 4.39 Å². The fraction of sp³-hybridized carbons (Fsp3) is 0.400. The van der Waals surface area contributed by atoms with Crippen LogP contribution in [0.1, 0.15) is 26.6 Å². The third-order valence-electron chi connectivity index (χ3n) is 2.81. The molecule has 0 saturated carbocycles. The van der Waals surface area contributed by atoms with Crippen molar-refractivity contribution in [2.45, 2.75) is 32.7 Å². The molecule has 4 heteroatoms. The molecule has 0 radical (unpaired) electrons. The summed E-state index contributed by atoms with van der Waals surface area (Å²) in [7, 11) is 0. The van der Waals surface area contributed by atoms with Crippen molar-refractivity contribution in [1.29, 1.82) is 0 Å². The molecule has 0 bridgehead atoms. The second-order valence-electron chi connectivity index (χ2n) is 5.65. The Labute approximate surface area is 113 Å². The van der Waals surface area contributed by atoms with Crippen LogP contribution in [-0.2, 0) is 6.42 Å². The summed E-state index contributed by atoms with van der Waals surface area (Å²) >= 11 is 0. The quantitative estimate of drug-likeness (QED) is 0.887. The molecular formula is C15H20FN3. The maximum Gasteiger partial charge on any atom is 0.132 e. The van der Waals surface area contributed by atoms with E-state index in [1.54, 1.807) is 18.3 Å². The maximum absolute atomic E-state index is 13.6. The topological polar surface area (TPSA) is 40.7 Å². The predicted octanol–water partition coefficient (Wildman–Crippen LogP) is 3.15. The van der Waals surface area contributed by atoms with E-state index in [1.807, 2.05) is 6.07 Å². The number of H-pyrrole nitrogens is 1. The summed E-state index contributed by atoms with van der Waals surface area (Å²) in [6, 6.07) is 6.71. The Morgan fingerprint density at radius 1 is 1.26 bits per heavy atom. The van der Waals surface area contributed by atoms with Crippen LogP contribution in [0.15, 0.2) is 30.5 Å². The molecule has 0 unspecified atom stereocenters.